The number of nitriles is 2. The van der Waals surface area contributed by atoms with Gasteiger partial charge in [0.2, 0.25) is 5.13 Å². The molecule has 2 heterocycles. The van der Waals surface area contributed by atoms with Crippen LogP contribution in [-0.4, -0.2) is 16.6 Å². The Hall–Kier alpha value is -3.23. The number of hydrazone groups is 1. The minimum Gasteiger partial charge on any atom is -0.272 e. The van der Waals surface area contributed by atoms with Crippen molar-refractivity contribution in [3.05, 3.63) is 69.5 Å². The van der Waals surface area contributed by atoms with Crippen molar-refractivity contribution in [2.75, 3.05) is 5.01 Å². The molecule has 0 spiro atoms. The van der Waals surface area contributed by atoms with Crippen LogP contribution in [0.15, 0.2) is 59.0 Å². The Morgan fingerprint density at radius 1 is 1.03 bits per heavy atom. The van der Waals surface area contributed by atoms with E-state index >= 15 is 0 Å². The lowest BCUT2D eigenvalue weighted by molar-refractivity contribution is -0.120. The maximum absolute atomic E-state index is 13.4. The van der Waals surface area contributed by atoms with Crippen LogP contribution in [0.4, 0.5) is 5.13 Å². The summed E-state index contributed by atoms with van der Waals surface area (Å²) in [7, 11) is 0. The van der Waals surface area contributed by atoms with Crippen molar-refractivity contribution in [2.24, 2.45) is 16.9 Å². The first-order chi connectivity index (χ1) is 15.4. The molecule has 0 fully saturated rings. The zero-order valence-electron chi connectivity index (χ0n) is 16.7. The van der Waals surface area contributed by atoms with Crippen LogP contribution < -0.4 is 5.01 Å². The lowest BCUT2D eigenvalue weighted by Crippen LogP contribution is -2.34. The third-order valence-electron chi connectivity index (χ3n) is 5.25. The van der Waals surface area contributed by atoms with Crippen molar-refractivity contribution in [3.63, 3.8) is 0 Å². The summed E-state index contributed by atoms with van der Waals surface area (Å²) in [5.41, 5.74) is 2.77. The largest absolute Gasteiger partial charge is 0.272 e. The van der Waals surface area contributed by atoms with Gasteiger partial charge in [-0.2, -0.15) is 20.6 Å². The van der Waals surface area contributed by atoms with Crippen molar-refractivity contribution in [3.8, 4) is 23.4 Å². The van der Waals surface area contributed by atoms with Crippen LogP contribution in [0, 0.1) is 34.5 Å². The van der Waals surface area contributed by atoms with E-state index in [4.69, 9.17) is 23.2 Å². The fourth-order valence-corrected chi connectivity index (χ4v) is 4.74. The molecule has 0 unspecified atom stereocenters. The summed E-state index contributed by atoms with van der Waals surface area (Å²) in [4.78, 5) is 18.0. The van der Waals surface area contributed by atoms with E-state index in [0.717, 1.165) is 5.56 Å². The van der Waals surface area contributed by atoms with Crippen LogP contribution in [0.5, 0.6) is 0 Å². The zero-order chi connectivity index (χ0) is 22.8. The molecule has 1 amide bonds. The lowest BCUT2D eigenvalue weighted by atomic mass is 9.76. The molecule has 0 aliphatic carbocycles. The molecule has 0 saturated heterocycles. The van der Waals surface area contributed by atoms with Crippen molar-refractivity contribution in [1.82, 2.24) is 4.98 Å². The maximum Gasteiger partial charge on any atom is 0.259 e. The number of rotatable bonds is 5. The highest BCUT2D eigenvalue weighted by Crippen LogP contribution is 2.40. The number of nitrogens with zero attached hydrogens (tertiary/aromatic N) is 5. The van der Waals surface area contributed by atoms with E-state index in [1.54, 1.807) is 43.3 Å². The number of amides is 1. The standard InChI is InChI=1S/C23H15Cl2N5OS/c1-13-20(21(16(10-26)11-27)15-4-8-18(25)9-5-15)22(31)30(29-13)23-28-19(12-32-23)14-2-6-17(24)7-3-14/h2-9,12,16,20-21H,1H3/t20-,21+/m1/s1. The van der Waals surface area contributed by atoms with E-state index in [9.17, 15) is 15.3 Å². The van der Waals surface area contributed by atoms with Crippen LogP contribution in [-0.2, 0) is 4.79 Å². The van der Waals surface area contributed by atoms with Gasteiger partial charge in [0.25, 0.3) is 5.91 Å². The summed E-state index contributed by atoms with van der Waals surface area (Å²) < 4.78 is 0. The van der Waals surface area contributed by atoms with Gasteiger partial charge in [-0.1, -0.05) is 47.5 Å². The first kappa shape index (κ1) is 22.0. The molecule has 1 aromatic heterocycles. The Kier molecular flexibility index (Phi) is 6.25. The van der Waals surface area contributed by atoms with Gasteiger partial charge in [-0.15, -0.1) is 11.3 Å². The third kappa shape index (κ3) is 4.11. The van der Waals surface area contributed by atoms with Crippen LogP contribution in [0.25, 0.3) is 11.3 Å². The topological polar surface area (TPSA) is 93.1 Å². The number of carbonyl (C=O) groups excluding carboxylic acids is 1. The SMILES string of the molecule is CC1=NN(c2nc(-c3ccc(Cl)cc3)cs2)C(=O)[C@H]1[C@@H](c1ccc(Cl)cc1)C(C#N)C#N. The quantitative estimate of drug-likeness (QED) is 0.454. The number of aromatic nitrogens is 1. The van der Waals surface area contributed by atoms with Crippen LogP contribution >= 0.6 is 34.5 Å². The van der Waals surface area contributed by atoms with Gasteiger partial charge in [-0.25, -0.2) is 4.98 Å². The molecule has 1 aliphatic heterocycles. The monoisotopic (exact) mass is 479 g/mol. The number of carbonyl (C=O) groups is 1. The van der Waals surface area contributed by atoms with Gasteiger partial charge in [0.1, 0.15) is 5.92 Å². The van der Waals surface area contributed by atoms with Gasteiger partial charge in [-0.05, 0) is 36.8 Å². The number of anilines is 1. The van der Waals surface area contributed by atoms with E-state index < -0.39 is 17.8 Å². The predicted octanol–water partition coefficient (Wildman–Crippen LogP) is 5.90. The number of thiazole rings is 1. The Morgan fingerprint density at radius 2 is 1.62 bits per heavy atom. The Bertz CT molecular complexity index is 1260. The van der Waals surface area contributed by atoms with E-state index in [2.05, 4.69) is 10.1 Å². The average molecular weight is 480 g/mol. The molecule has 32 heavy (non-hydrogen) atoms. The van der Waals surface area contributed by atoms with Crippen molar-refractivity contribution < 1.29 is 4.79 Å². The predicted molar refractivity (Wildman–Crippen MR) is 126 cm³/mol. The molecule has 9 heteroatoms. The molecule has 0 bridgehead atoms. The van der Waals surface area contributed by atoms with Crippen LogP contribution in [0.2, 0.25) is 10.0 Å². The lowest BCUT2D eigenvalue weighted by Gasteiger charge is -2.24. The molecule has 3 aromatic rings. The van der Waals surface area contributed by atoms with E-state index in [-0.39, 0.29) is 5.91 Å². The minimum atomic E-state index is -1.03. The highest BCUT2D eigenvalue weighted by Gasteiger charge is 2.45. The summed E-state index contributed by atoms with van der Waals surface area (Å²) in [6.45, 7) is 1.73. The van der Waals surface area contributed by atoms with Crippen LogP contribution in [0.3, 0.4) is 0 Å². The van der Waals surface area contributed by atoms with Crippen LogP contribution in [0.1, 0.15) is 18.4 Å². The van der Waals surface area contributed by atoms with Gasteiger partial charge in [0.15, 0.2) is 0 Å². The highest BCUT2D eigenvalue weighted by molar-refractivity contribution is 7.14. The molecular formula is C23H15Cl2N5OS. The van der Waals surface area contributed by atoms with Crippen molar-refractivity contribution in [2.45, 2.75) is 12.8 Å². The van der Waals surface area contributed by atoms with E-state index in [1.165, 1.54) is 16.3 Å². The molecule has 2 atom stereocenters. The molecule has 6 nitrogen and oxygen atoms in total. The molecule has 158 valence electrons. The smallest absolute Gasteiger partial charge is 0.259 e. The van der Waals surface area contributed by atoms with Gasteiger partial charge < -0.3 is 0 Å². The highest BCUT2D eigenvalue weighted by atomic mass is 35.5. The number of halogens is 2. The van der Waals surface area contributed by atoms with Crippen molar-refractivity contribution >= 4 is 51.3 Å². The number of benzene rings is 2. The average Bonchev–Trinajstić information content (AvgIpc) is 3.38. The van der Waals surface area contributed by atoms with Gasteiger partial charge in [0, 0.05) is 32.6 Å². The normalized spacial score (nSPS) is 16.6. The zero-order valence-corrected chi connectivity index (χ0v) is 19.1. The van der Waals surface area contributed by atoms with Gasteiger partial charge >= 0.3 is 0 Å². The second kappa shape index (κ2) is 9.10. The Labute approximate surface area is 198 Å². The number of hydrogen-bond acceptors (Lipinski definition) is 6. The second-order valence-electron chi connectivity index (χ2n) is 7.20. The summed E-state index contributed by atoms with van der Waals surface area (Å²) in [5, 5.41) is 28.3. The summed E-state index contributed by atoms with van der Waals surface area (Å²) in [6.07, 6.45) is 0. The first-order valence-corrected chi connectivity index (χ1v) is 11.2. The van der Waals surface area contributed by atoms with E-state index in [1.807, 2.05) is 29.7 Å². The van der Waals surface area contributed by atoms with Crippen molar-refractivity contribution in [1.29, 1.82) is 10.5 Å². The molecule has 4 rings (SSSR count). The molecular weight excluding hydrogens is 465 g/mol. The summed E-state index contributed by atoms with van der Waals surface area (Å²) in [5.74, 6) is -2.80. The van der Waals surface area contributed by atoms with E-state index in [0.29, 0.717) is 32.1 Å². The molecule has 2 aromatic carbocycles. The summed E-state index contributed by atoms with van der Waals surface area (Å²) in [6, 6.07) is 18.1. The molecule has 0 saturated carbocycles. The number of hydrogen-bond donors (Lipinski definition) is 0. The maximum atomic E-state index is 13.4. The molecule has 1 aliphatic rings. The molecule has 0 radical (unpaired) electrons. The van der Waals surface area contributed by atoms with Gasteiger partial charge in [0.05, 0.1) is 23.8 Å². The first-order valence-electron chi connectivity index (χ1n) is 9.58. The fourth-order valence-electron chi connectivity index (χ4n) is 3.70. The molecule has 0 N–H and O–H groups in total. The Morgan fingerprint density at radius 3 is 2.22 bits per heavy atom. The Balaban J connectivity index is 1.68. The van der Waals surface area contributed by atoms with Gasteiger partial charge in [-0.3, -0.25) is 4.79 Å². The minimum absolute atomic E-state index is 0.324. The third-order valence-corrected chi connectivity index (χ3v) is 6.57. The fraction of sp³-hybridized carbons (Fsp3) is 0.174. The summed E-state index contributed by atoms with van der Waals surface area (Å²) >= 11 is 13.2. The second-order valence-corrected chi connectivity index (χ2v) is 8.91.